The Bertz CT molecular complexity index is 1150. The lowest BCUT2D eigenvalue weighted by Gasteiger charge is -2.33. The van der Waals surface area contributed by atoms with Gasteiger partial charge in [0.2, 0.25) is 6.10 Å². The van der Waals surface area contributed by atoms with Crippen molar-refractivity contribution in [2.24, 2.45) is 0 Å². The molecule has 1 N–H and O–H groups in total. The number of para-hydroxylation sites is 1. The molecule has 7 heteroatoms. The van der Waals surface area contributed by atoms with Crippen molar-refractivity contribution >= 4 is 33.7 Å². The van der Waals surface area contributed by atoms with Crippen LogP contribution in [0, 0.1) is 0 Å². The molecule has 156 valence electrons. The van der Waals surface area contributed by atoms with E-state index in [9.17, 15) is 14.7 Å². The van der Waals surface area contributed by atoms with Gasteiger partial charge in [-0.3, -0.25) is 4.90 Å². The Morgan fingerprint density at radius 3 is 2.29 bits per heavy atom. The molecule has 0 bridgehead atoms. The molecule has 3 aromatic carbocycles. The molecule has 1 unspecified atom stereocenters. The number of aliphatic carboxylic acids is 1. The molecule has 2 aliphatic rings. The number of nitrogens with zero attached hydrogens (tertiary/aromatic N) is 1. The number of fused-ring (bicyclic) bond motifs is 4. The Labute approximate surface area is 187 Å². The van der Waals surface area contributed by atoms with E-state index >= 15 is 0 Å². The summed E-state index contributed by atoms with van der Waals surface area (Å²) < 4.78 is 11.9. The molecule has 0 saturated carbocycles. The highest BCUT2D eigenvalue weighted by atomic mass is 79.9. The van der Waals surface area contributed by atoms with Crippen LogP contribution >= 0.6 is 15.9 Å². The summed E-state index contributed by atoms with van der Waals surface area (Å²) in [6.07, 6.45) is -1.78. The number of ether oxygens (including phenoxy) is 2. The number of carbonyl (C=O) groups excluding carboxylic acids is 1. The lowest BCUT2D eigenvalue weighted by molar-refractivity contribution is -0.144. The van der Waals surface area contributed by atoms with E-state index < -0.39 is 18.2 Å². The average Bonchev–Trinajstić information content (AvgIpc) is 3.11. The van der Waals surface area contributed by atoms with E-state index in [2.05, 4.69) is 40.2 Å². The van der Waals surface area contributed by atoms with E-state index in [0.717, 1.165) is 22.3 Å². The van der Waals surface area contributed by atoms with Crippen LogP contribution in [0.15, 0.2) is 71.2 Å². The summed E-state index contributed by atoms with van der Waals surface area (Å²) in [5.41, 5.74) is 5.00. The molecule has 5 rings (SSSR count). The molecule has 1 heterocycles. The monoisotopic (exact) mass is 479 g/mol. The van der Waals surface area contributed by atoms with Gasteiger partial charge < -0.3 is 14.6 Å². The minimum atomic E-state index is -1.17. The third-order valence-corrected chi connectivity index (χ3v) is 6.30. The Hall–Kier alpha value is -3.32. The summed E-state index contributed by atoms with van der Waals surface area (Å²) in [6, 6.07) is 21.4. The molecule has 1 aliphatic carbocycles. The third kappa shape index (κ3) is 3.35. The minimum absolute atomic E-state index is 0.0744. The molecule has 0 aromatic heterocycles. The molecule has 1 atom stereocenters. The van der Waals surface area contributed by atoms with Crippen molar-refractivity contribution in [1.82, 2.24) is 0 Å². The van der Waals surface area contributed by atoms with Crippen molar-refractivity contribution in [2.75, 3.05) is 18.1 Å². The first-order valence-electron chi connectivity index (χ1n) is 9.85. The maximum Gasteiger partial charge on any atom is 0.414 e. The molecule has 31 heavy (non-hydrogen) atoms. The van der Waals surface area contributed by atoms with Crippen molar-refractivity contribution in [2.45, 2.75) is 12.0 Å². The van der Waals surface area contributed by atoms with Crippen LogP contribution in [-0.2, 0) is 9.53 Å². The maximum atomic E-state index is 13.1. The predicted octanol–water partition coefficient (Wildman–Crippen LogP) is 5.05. The number of carboxylic acid groups (broad SMARTS) is 1. The van der Waals surface area contributed by atoms with Gasteiger partial charge in [0.1, 0.15) is 6.61 Å². The number of rotatable bonds is 3. The van der Waals surface area contributed by atoms with Gasteiger partial charge in [0.25, 0.3) is 0 Å². The van der Waals surface area contributed by atoms with E-state index in [1.54, 1.807) is 18.2 Å². The van der Waals surface area contributed by atoms with Crippen molar-refractivity contribution < 1.29 is 24.2 Å². The quantitative estimate of drug-likeness (QED) is 0.568. The van der Waals surface area contributed by atoms with Crippen LogP contribution in [0.5, 0.6) is 5.75 Å². The zero-order valence-corrected chi connectivity index (χ0v) is 17.9. The van der Waals surface area contributed by atoms with Gasteiger partial charge in [0.05, 0.1) is 16.7 Å². The van der Waals surface area contributed by atoms with E-state index in [1.807, 2.05) is 24.3 Å². The van der Waals surface area contributed by atoms with E-state index in [-0.39, 0.29) is 19.1 Å². The molecule has 1 aliphatic heterocycles. The molecule has 0 spiro atoms. The zero-order chi connectivity index (χ0) is 21.5. The SMILES string of the molecule is O=C(O)C1CN(C(=O)OCC2c3ccccc3-c3ccccc32)c2cccc(Br)c2O1. The number of amides is 1. The highest BCUT2D eigenvalue weighted by Crippen LogP contribution is 2.45. The Morgan fingerprint density at radius 2 is 1.65 bits per heavy atom. The van der Waals surface area contributed by atoms with Gasteiger partial charge in [-0.1, -0.05) is 54.6 Å². The molecular weight excluding hydrogens is 462 g/mol. The van der Waals surface area contributed by atoms with E-state index in [0.29, 0.717) is 15.9 Å². The standard InChI is InChI=1S/C24H18BrNO5/c25-19-10-5-11-20-22(19)31-21(23(27)28)12-26(20)24(29)30-13-18-16-8-3-1-6-14(16)15-7-2-4-9-17(15)18/h1-11,18,21H,12-13H2,(H,27,28). The summed E-state index contributed by atoms with van der Waals surface area (Å²) in [4.78, 5) is 26.0. The first kappa shape index (κ1) is 19.6. The fraction of sp³-hybridized carbons (Fsp3) is 0.167. The Morgan fingerprint density at radius 1 is 1.00 bits per heavy atom. The fourth-order valence-corrected chi connectivity index (χ4v) is 4.69. The van der Waals surface area contributed by atoms with Crippen LogP contribution in [0.1, 0.15) is 17.0 Å². The molecule has 6 nitrogen and oxygen atoms in total. The summed E-state index contributed by atoms with van der Waals surface area (Å²) in [5.74, 6) is -0.901. The van der Waals surface area contributed by atoms with Gasteiger partial charge in [-0.25, -0.2) is 9.59 Å². The highest BCUT2D eigenvalue weighted by Gasteiger charge is 2.36. The molecule has 0 radical (unpaired) electrons. The lowest BCUT2D eigenvalue weighted by Crippen LogP contribution is -2.47. The van der Waals surface area contributed by atoms with Crippen LogP contribution in [-0.4, -0.2) is 36.4 Å². The largest absolute Gasteiger partial charge is 0.478 e. The van der Waals surface area contributed by atoms with Gasteiger partial charge in [0, 0.05) is 5.92 Å². The van der Waals surface area contributed by atoms with Crippen LogP contribution in [0.4, 0.5) is 10.5 Å². The van der Waals surface area contributed by atoms with Gasteiger partial charge >= 0.3 is 12.1 Å². The van der Waals surface area contributed by atoms with Crippen molar-refractivity contribution in [3.63, 3.8) is 0 Å². The van der Waals surface area contributed by atoms with Gasteiger partial charge in [-0.15, -0.1) is 0 Å². The van der Waals surface area contributed by atoms with Crippen LogP contribution in [0.25, 0.3) is 11.1 Å². The second-order valence-electron chi connectivity index (χ2n) is 7.45. The van der Waals surface area contributed by atoms with E-state index in [4.69, 9.17) is 9.47 Å². The number of carboxylic acids is 1. The van der Waals surface area contributed by atoms with Crippen LogP contribution in [0.3, 0.4) is 0 Å². The predicted molar refractivity (Wildman–Crippen MR) is 119 cm³/mol. The average molecular weight is 480 g/mol. The summed E-state index contributed by atoms with van der Waals surface area (Å²) in [5, 5.41) is 9.46. The summed E-state index contributed by atoms with van der Waals surface area (Å²) in [6.45, 7) is 0.0285. The van der Waals surface area contributed by atoms with Crippen molar-refractivity contribution in [3.05, 3.63) is 82.3 Å². The number of hydrogen-bond acceptors (Lipinski definition) is 4. The summed E-state index contributed by atoms with van der Waals surface area (Å²) >= 11 is 3.37. The maximum absolute atomic E-state index is 13.1. The first-order valence-corrected chi connectivity index (χ1v) is 10.6. The number of halogens is 1. The number of anilines is 1. The first-order chi connectivity index (χ1) is 15.0. The fourth-order valence-electron chi connectivity index (χ4n) is 4.24. The van der Waals surface area contributed by atoms with Crippen LogP contribution in [0.2, 0.25) is 0 Å². The van der Waals surface area contributed by atoms with Gasteiger partial charge in [-0.2, -0.15) is 0 Å². The normalized spacial score (nSPS) is 16.7. The third-order valence-electron chi connectivity index (χ3n) is 5.68. The van der Waals surface area contributed by atoms with Gasteiger partial charge in [0.15, 0.2) is 5.75 Å². The zero-order valence-electron chi connectivity index (χ0n) is 16.3. The van der Waals surface area contributed by atoms with Gasteiger partial charge in [-0.05, 0) is 50.3 Å². The minimum Gasteiger partial charge on any atom is -0.478 e. The molecular formula is C24H18BrNO5. The number of benzene rings is 3. The molecule has 0 saturated heterocycles. The molecule has 0 fully saturated rings. The Balaban J connectivity index is 1.41. The number of carbonyl (C=O) groups is 2. The second kappa shape index (κ2) is 7.74. The topological polar surface area (TPSA) is 76.1 Å². The Kier molecular flexibility index (Phi) is 4.90. The smallest absolute Gasteiger partial charge is 0.414 e. The number of hydrogen-bond donors (Lipinski definition) is 1. The lowest BCUT2D eigenvalue weighted by atomic mass is 9.98. The summed E-state index contributed by atoms with van der Waals surface area (Å²) in [7, 11) is 0. The van der Waals surface area contributed by atoms with Crippen molar-refractivity contribution in [1.29, 1.82) is 0 Å². The highest BCUT2D eigenvalue weighted by molar-refractivity contribution is 9.10. The van der Waals surface area contributed by atoms with Crippen molar-refractivity contribution in [3.8, 4) is 16.9 Å². The molecule has 1 amide bonds. The van der Waals surface area contributed by atoms with Crippen LogP contribution < -0.4 is 9.64 Å². The van der Waals surface area contributed by atoms with E-state index in [1.165, 1.54) is 4.90 Å². The molecule has 3 aromatic rings. The second-order valence-corrected chi connectivity index (χ2v) is 8.30.